The highest BCUT2D eigenvalue weighted by Gasteiger charge is 2.33. The van der Waals surface area contributed by atoms with E-state index < -0.39 is 11.4 Å². The number of nitrogens with zero attached hydrogens (tertiary/aromatic N) is 5. The van der Waals surface area contributed by atoms with Gasteiger partial charge in [-0.1, -0.05) is 19.2 Å². The van der Waals surface area contributed by atoms with Crippen LogP contribution < -0.4 is 10.5 Å². The Bertz CT molecular complexity index is 1080. The van der Waals surface area contributed by atoms with Crippen LogP contribution in [-0.2, 0) is 0 Å². The van der Waals surface area contributed by atoms with Crippen molar-refractivity contribution in [2.24, 2.45) is 0 Å². The minimum absolute atomic E-state index is 0.0329. The quantitative estimate of drug-likeness (QED) is 0.800. The zero-order valence-corrected chi connectivity index (χ0v) is 17.4. The lowest BCUT2D eigenvalue weighted by Gasteiger charge is -2.38. The van der Waals surface area contributed by atoms with E-state index >= 15 is 0 Å². The molecule has 4 rings (SSSR count). The van der Waals surface area contributed by atoms with Gasteiger partial charge in [0.15, 0.2) is 0 Å². The average molecular weight is 420 g/mol. The number of hydrogen-bond donors (Lipinski definition) is 1. The molecule has 2 aliphatic rings. The highest BCUT2D eigenvalue weighted by atomic mass is 19.1. The average Bonchev–Trinajstić information content (AvgIpc) is 3.29. The number of rotatable bonds is 5. The van der Waals surface area contributed by atoms with Gasteiger partial charge in [0.1, 0.15) is 11.9 Å². The van der Waals surface area contributed by atoms with Crippen LogP contribution in [0.2, 0.25) is 0 Å². The molecule has 0 bridgehead atoms. The van der Waals surface area contributed by atoms with Gasteiger partial charge in [-0.25, -0.2) is 14.4 Å². The zero-order valence-electron chi connectivity index (χ0n) is 17.4. The molecule has 1 saturated carbocycles. The van der Waals surface area contributed by atoms with E-state index in [1.165, 1.54) is 6.08 Å². The summed E-state index contributed by atoms with van der Waals surface area (Å²) < 4.78 is 13.7. The second-order valence-electron chi connectivity index (χ2n) is 8.06. The van der Waals surface area contributed by atoms with Crippen LogP contribution >= 0.6 is 0 Å². The maximum atomic E-state index is 13.7. The summed E-state index contributed by atoms with van der Waals surface area (Å²) in [5.74, 6) is 0.154. The van der Waals surface area contributed by atoms with Crippen LogP contribution in [0.25, 0.3) is 11.9 Å². The van der Waals surface area contributed by atoms with Gasteiger partial charge in [0.25, 0.3) is 5.56 Å². The molecule has 3 heterocycles. The monoisotopic (exact) mass is 420 g/mol. The molecule has 1 saturated heterocycles. The standard InChI is InChI=1S/C23H25FN6O/c1-3-17-11-20(28-22(31)21(17)15(2)24)18-4-5-19(10-18)29-6-8-30(9-7-29)23-26-13-16(12-25)14-27-23/h3,11,13-14,18-19H,1-2,4-10H2,(H,28,31)/t18?,19-/m1/s1. The Morgan fingerprint density at radius 2 is 1.97 bits per heavy atom. The Morgan fingerprint density at radius 3 is 2.58 bits per heavy atom. The fourth-order valence-corrected chi connectivity index (χ4v) is 4.66. The molecule has 31 heavy (non-hydrogen) atoms. The van der Waals surface area contributed by atoms with Gasteiger partial charge < -0.3 is 9.88 Å². The second kappa shape index (κ2) is 8.82. The predicted molar refractivity (Wildman–Crippen MR) is 118 cm³/mol. The molecule has 0 radical (unpaired) electrons. The first-order valence-electron chi connectivity index (χ1n) is 10.5. The molecule has 0 spiro atoms. The molecule has 2 aromatic heterocycles. The van der Waals surface area contributed by atoms with Crippen molar-refractivity contribution in [3.63, 3.8) is 0 Å². The number of anilines is 1. The summed E-state index contributed by atoms with van der Waals surface area (Å²) in [7, 11) is 0. The van der Waals surface area contributed by atoms with Gasteiger partial charge in [0.05, 0.1) is 23.5 Å². The molecular weight excluding hydrogens is 395 g/mol. The van der Waals surface area contributed by atoms with E-state index in [1.54, 1.807) is 12.4 Å². The second-order valence-corrected chi connectivity index (χ2v) is 8.06. The lowest BCUT2D eigenvalue weighted by Crippen LogP contribution is -2.50. The maximum Gasteiger partial charge on any atom is 0.258 e. The molecule has 7 nitrogen and oxygen atoms in total. The predicted octanol–water partition coefficient (Wildman–Crippen LogP) is 3.08. The summed E-state index contributed by atoms with van der Waals surface area (Å²) in [5, 5.41) is 8.89. The van der Waals surface area contributed by atoms with E-state index in [0.717, 1.165) is 51.1 Å². The molecule has 1 unspecified atom stereocenters. The van der Waals surface area contributed by atoms with Gasteiger partial charge >= 0.3 is 0 Å². The van der Waals surface area contributed by atoms with E-state index in [-0.39, 0.29) is 11.5 Å². The Hall–Kier alpha value is -3.31. The first kappa shape index (κ1) is 20.9. The fraction of sp³-hybridized carbons (Fsp3) is 0.391. The Morgan fingerprint density at radius 1 is 1.26 bits per heavy atom. The van der Waals surface area contributed by atoms with Crippen molar-refractivity contribution in [3.05, 3.63) is 64.4 Å². The van der Waals surface area contributed by atoms with Gasteiger partial charge in [-0.3, -0.25) is 9.69 Å². The SMILES string of the molecule is C=Cc1cc(C2CC[C@@H](N3CCN(c4ncc(C#N)cn4)CC3)C2)[nH]c(=O)c1C(=C)F. The minimum Gasteiger partial charge on any atom is -0.338 e. The zero-order chi connectivity index (χ0) is 22.0. The van der Waals surface area contributed by atoms with Crippen LogP contribution in [0, 0.1) is 11.3 Å². The van der Waals surface area contributed by atoms with Crippen LogP contribution in [0.3, 0.4) is 0 Å². The number of halogens is 1. The lowest BCUT2D eigenvalue weighted by atomic mass is 9.98. The van der Waals surface area contributed by atoms with Gasteiger partial charge in [-0.05, 0) is 30.9 Å². The van der Waals surface area contributed by atoms with E-state index in [0.29, 0.717) is 23.1 Å². The van der Waals surface area contributed by atoms with Crippen LogP contribution in [-0.4, -0.2) is 52.1 Å². The van der Waals surface area contributed by atoms with Crippen LogP contribution in [0.5, 0.6) is 0 Å². The summed E-state index contributed by atoms with van der Waals surface area (Å²) >= 11 is 0. The number of H-pyrrole nitrogens is 1. The third-order valence-electron chi connectivity index (χ3n) is 6.30. The third-order valence-corrected chi connectivity index (χ3v) is 6.30. The molecule has 2 atom stereocenters. The number of pyridine rings is 1. The molecule has 2 aromatic rings. The first-order chi connectivity index (χ1) is 15.0. The third kappa shape index (κ3) is 4.28. The first-order valence-corrected chi connectivity index (χ1v) is 10.5. The van der Waals surface area contributed by atoms with Gasteiger partial charge in [-0.15, -0.1) is 0 Å². The van der Waals surface area contributed by atoms with Crippen molar-refractivity contribution in [3.8, 4) is 6.07 Å². The van der Waals surface area contributed by atoms with Crippen molar-refractivity contribution >= 4 is 17.9 Å². The van der Waals surface area contributed by atoms with Crippen molar-refractivity contribution in [2.75, 3.05) is 31.1 Å². The Kier molecular flexibility index (Phi) is 5.96. The molecule has 1 aliphatic carbocycles. The largest absolute Gasteiger partial charge is 0.338 e. The van der Waals surface area contributed by atoms with E-state index in [4.69, 9.17) is 5.26 Å². The van der Waals surface area contributed by atoms with E-state index in [1.807, 2.05) is 12.1 Å². The van der Waals surface area contributed by atoms with Crippen LogP contribution in [0.4, 0.5) is 10.3 Å². The number of nitriles is 1. The molecule has 0 aromatic carbocycles. The van der Waals surface area contributed by atoms with Gasteiger partial charge in [0, 0.05) is 43.8 Å². The molecule has 2 fully saturated rings. The van der Waals surface area contributed by atoms with Gasteiger partial charge in [-0.2, -0.15) is 5.26 Å². The smallest absolute Gasteiger partial charge is 0.258 e. The highest BCUT2D eigenvalue weighted by Crippen LogP contribution is 2.37. The van der Waals surface area contributed by atoms with Crippen molar-refractivity contribution in [1.29, 1.82) is 5.26 Å². The molecular formula is C23H25FN6O. The molecule has 8 heteroatoms. The number of piperazine rings is 1. The maximum absolute atomic E-state index is 13.7. The van der Waals surface area contributed by atoms with Crippen molar-refractivity contribution in [1.82, 2.24) is 19.9 Å². The molecule has 160 valence electrons. The highest BCUT2D eigenvalue weighted by molar-refractivity contribution is 5.68. The molecule has 1 N–H and O–H groups in total. The number of hydrogen-bond acceptors (Lipinski definition) is 6. The molecule has 1 aliphatic heterocycles. The summed E-state index contributed by atoms with van der Waals surface area (Å²) in [5.41, 5.74) is 1.32. The minimum atomic E-state index is -0.740. The summed E-state index contributed by atoms with van der Waals surface area (Å²) in [6.45, 7) is 10.5. The summed E-state index contributed by atoms with van der Waals surface area (Å²) in [4.78, 5) is 28.4. The number of aromatic nitrogens is 3. The molecule has 0 amide bonds. The van der Waals surface area contributed by atoms with Crippen LogP contribution in [0.15, 0.2) is 36.4 Å². The van der Waals surface area contributed by atoms with Gasteiger partial charge in [0.2, 0.25) is 5.95 Å². The summed E-state index contributed by atoms with van der Waals surface area (Å²) in [6.07, 6.45) is 7.61. The van der Waals surface area contributed by atoms with Crippen molar-refractivity contribution < 1.29 is 4.39 Å². The normalized spacial score (nSPS) is 21.6. The fourth-order valence-electron chi connectivity index (χ4n) is 4.66. The van der Waals surface area contributed by atoms with E-state index in [9.17, 15) is 9.18 Å². The Balaban J connectivity index is 1.39. The number of nitrogens with one attached hydrogen (secondary N) is 1. The topological polar surface area (TPSA) is 88.9 Å². The Labute approximate surface area is 180 Å². The lowest BCUT2D eigenvalue weighted by molar-refractivity contribution is 0.185. The number of aromatic amines is 1. The van der Waals surface area contributed by atoms with Crippen LogP contribution in [0.1, 0.15) is 47.6 Å². The summed E-state index contributed by atoms with van der Waals surface area (Å²) in [6, 6.07) is 4.32. The van der Waals surface area contributed by atoms with E-state index in [2.05, 4.69) is 37.9 Å². The van der Waals surface area contributed by atoms with Crippen molar-refractivity contribution in [2.45, 2.75) is 31.2 Å².